The molecule has 0 spiro atoms. The van der Waals surface area contributed by atoms with E-state index in [2.05, 4.69) is 43.5 Å². The molecule has 0 aromatic carbocycles. The molecule has 0 aliphatic rings. The average Bonchev–Trinajstić information content (AvgIpc) is 3.12. The van der Waals surface area contributed by atoms with Crippen LogP contribution >= 0.6 is 0 Å². The molecule has 1 atom stereocenters. The standard InChI is InChI=1S/C44H82N2O6/c1-5-7-9-11-13-15-17-19-21-23-25-27-29-31-33-35-42(47)51-40-41(39-45-44(49)50-38-37-46(3)4)52-43(48)36-34-32-30-28-26-24-22-20-18-16-14-12-10-8-6-2/h19-22,41H,5-18,23-40H2,1-4H3,(H,45,49). The number of hydrogen-bond donors (Lipinski definition) is 1. The maximum atomic E-state index is 12.6. The molecule has 0 fully saturated rings. The lowest BCUT2D eigenvalue weighted by atomic mass is 10.1. The van der Waals surface area contributed by atoms with Gasteiger partial charge in [0.15, 0.2) is 6.10 Å². The van der Waals surface area contributed by atoms with Crippen LogP contribution in [0, 0.1) is 0 Å². The van der Waals surface area contributed by atoms with E-state index in [0.29, 0.717) is 19.4 Å². The molecule has 0 aromatic rings. The number of hydrogen-bond acceptors (Lipinski definition) is 7. The van der Waals surface area contributed by atoms with Gasteiger partial charge in [0.25, 0.3) is 0 Å². The number of allylic oxidation sites excluding steroid dienone is 4. The number of carbonyl (C=O) groups is 3. The van der Waals surface area contributed by atoms with Crippen molar-refractivity contribution in [2.45, 2.75) is 200 Å². The number of nitrogens with zero attached hydrogens (tertiary/aromatic N) is 1. The minimum absolute atomic E-state index is 0.0274. The molecule has 52 heavy (non-hydrogen) atoms. The number of carbonyl (C=O) groups excluding carboxylic acids is 3. The van der Waals surface area contributed by atoms with E-state index in [1.165, 1.54) is 109 Å². The van der Waals surface area contributed by atoms with E-state index in [4.69, 9.17) is 14.2 Å². The highest BCUT2D eigenvalue weighted by Gasteiger charge is 2.18. The van der Waals surface area contributed by atoms with Crippen LogP contribution in [-0.4, -0.2) is 69.4 Å². The molecule has 0 saturated carbocycles. The maximum absolute atomic E-state index is 12.6. The van der Waals surface area contributed by atoms with Crippen molar-refractivity contribution < 1.29 is 28.6 Å². The first-order valence-electron chi connectivity index (χ1n) is 21.6. The molecule has 0 heterocycles. The highest BCUT2D eigenvalue weighted by atomic mass is 16.6. The summed E-state index contributed by atoms with van der Waals surface area (Å²) in [5.74, 6) is -0.636. The zero-order valence-electron chi connectivity index (χ0n) is 34.4. The van der Waals surface area contributed by atoms with Crippen LogP contribution in [0.15, 0.2) is 24.3 Å². The molecule has 0 radical (unpaired) electrons. The van der Waals surface area contributed by atoms with Crippen molar-refractivity contribution in [3.63, 3.8) is 0 Å². The summed E-state index contributed by atoms with van der Waals surface area (Å²) >= 11 is 0. The topological polar surface area (TPSA) is 94.2 Å². The van der Waals surface area contributed by atoms with Crippen molar-refractivity contribution in [3.05, 3.63) is 24.3 Å². The van der Waals surface area contributed by atoms with Crippen LogP contribution < -0.4 is 5.32 Å². The van der Waals surface area contributed by atoms with Crippen LogP contribution in [0.25, 0.3) is 0 Å². The summed E-state index contributed by atoms with van der Waals surface area (Å²) in [7, 11) is 3.80. The van der Waals surface area contributed by atoms with Crippen molar-refractivity contribution >= 4 is 18.0 Å². The van der Waals surface area contributed by atoms with E-state index in [1.54, 1.807) is 0 Å². The Labute approximate surface area is 320 Å². The van der Waals surface area contributed by atoms with Gasteiger partial charge in [0.2, 0.25) is 0 Å². The van der Waals surface area contributed by atoms with Crippen molar-refractivity contribution in [2.24, 2.45) is 0 Å². The molecule has 0 saturated heterocycles. The maximum Gasteiger partial charge on any atom is 0.407 e. The number of nitrogens with one attached hydrogen (secondary N) is 1. The minimum atomic E-state index is -0.755. The second kappa shape index (κ2) is 39.8. The van der Waals surface area contributed by atoms with Crippen LogP contribution in [0.5, 0.6) is 0 Å². The van der Waals surface area contributed by atoms with Gasteiger partial charge in [0.05, 0.1) is 6.54 Å². The Morgan fingerprint density at radius 2 is 0.942 bits per heavy atom. The van der Waals surface area contributed by atoms with Crippen molar-refractivity contribution in [3.8, 4) is 0 Å². The van der Waals surface area contributed by atoms with Gasteiger partial charge in [-0.1, -0.05) is 141 Å². The number of esters is 2. The second-order valence-electron chi connectivity index (χ2n) is 14.8. The normalized spacial score (nSPS) is 12.2. The summed E-state index contributed by atoms with van der Waals surface area (Å²) in [6.07, 6.45) is 39.8. The van der Waals surface area contributed by atoms with Gasteiger partial charge in [0.1, 0.15) is 13.2 Å². The first kappa shape index (κ1) is 49.6. The van der Waals surface area contributed by atoms with E-state index in [9.17, 15) is 14.4 Å². The summed E-state index contributed by atoms with van der Waals surface area (Å²) < 4.78 is 16.3. The number of ether oxygens (including phenoxy) is 3. The monoisotopic (exact) mass is 735 g/mol. The van der Waals surface area contributed by atoms with Crippen LogP contribution in [0.1, 0.15) is 194 Å². The van der Waals surface area contributed by atoms with Crippen LogP contribution in [0.4, 0.5) is 4.79 Å². The quantitative estimate of drug-likeness (QED) is 0.0292. The predicted octanol–water partition coefficient (Wildman–Crippen LogP) is 11.8. The Hall–Kier alpha value is -2.35. The third-order valence-corrected chi connectivity index (χ3v) is 9.26. The fraction of sp³-hybridized carbons (Fsp3) is 0.841. The van der Waals surface area contributed by atoms with E-state index in [0.717, 1.165) is 57.8 Å². The van der Waals surface area contributed by atoms with E-state index in [-0.39, 0.29) is 31.7 Å². The lowest BCUT2D eigenvalue weighted by Crippen LogP contribution is -2.39. The molecule has 0 aliphatic carbocycles. The van der Waals surface area contributed by atoms with Crippen molar-refractivity contribution in [1.29, 1.82) is 0 Å². The Balaban J connectivity index is 4.21. The molecule has 8 nitrogen and oxygen atoms in total. The third kappa shape index (κ3) is 38.9. The fourth-order valence-corrected chi connectivity index (χ4v) is 5.89. The van der Waals surface area contributed by atoms with Gasteiger partial charge in [-0.3, -0.25) is 9.59 Å². The van der Waals surface area contributed by atoms with Gasteiger partial charge in [-0.2, -0.15) is 0 Å². The zero-order chi connectivity index (χ0) is 38.2. The Bertz CT molecular complexity index is 875. The minimum Gasteiger partial charge on any atom is -0.462 e. The third-order valence-electron chi connectivity index (χ3n) is 9.26. The first-order valence-corrected chi connectivity index (χ1v) is 21.6. The Morgan fingerprint density at radius 1 is 0.538 bits per heavy atom. The largest absolute Gasteiger partial charge is 0.462 e. The van der Waals surface area contributed by atoms with Gasteiger partial charge in [-0.05, 0) is 78.3 Å². The van der Waals surface area contributed by atoms with Crippen LogP contribution in [-0.2, 0) is 23.8 Å². The van der Waals surface area contributed by atoms with E-state index in [1.807, 2.05) is 19.0 Å². The van der Waals surface area contributed by atoms with Crippen molar-refractivity contribution in [2.75, 3.05) is 40.4 Å². The fourth-order valence-electron chi connectivity index (χ4n) is 5.89. The van der Waals surface area contributed by atoms with Gasteiger partial charge >= 0.3 is 18.0 Å². The Morgan fingerprint density at radius 3 is 1.38 bits per heavy atom. The second-order valence-corrected chi connectivity index (χ2v) is 14.8. The molecule has 1 unspecified atom stereocenters. The lowest BCUT2D eigenvalue weighted by Gasteiger charge is -2.19. The van der Waals surface area contributed by atoms with Gasteiger partial charge in [-0.15, -0.1) is 0 Å². The molecule has 8 heteroatoms. The lowest BCUT2D eigenvalue weighted by molar-refractivity contribution is -0.158. The molecule has 1 N–H and O–H groups in total. The summed E-state index contributed by atoms with van der Waals surface area (Å²) in [6, 6.07) is 0. The highest BCUT2D eigenvalue weighted by Crippen LogP contribution is 2.13. The average molecular weight is 735 g/mol. The summed E-state index contributed by atoms with van der Waals surface area (Å²) in [5.41, 5.74) is 0. The van der Waals surface area contributed by atoms with Crippen LogP contribution in [0.3, 0.4) is 0 Å². The molecular formula is C44H82N2O6. The number of amides is 1. The van der Waals surface area contributed by atoms with Gasteiger partial charge < -0.3 is 24.4 Å². The smallest absolute Gasteiger partial charge is 0.407 e. The molecule has 0 aromatic heterocycles. The molecule has 0 aliphatic heterocycles. The SMILES string of the molecule is CCCCCCCCC=CCCCCCCCC(=O)OCC(CNC(=O)OCCN(C)C)OC(=O)CCCCCCCC=CCCCCCCCC. The summed E-state index contributed by atoms with van der Waals surface area (Å²) in [5, 5.41) is 2.65. The van der Waals surface area contributed by atoms with E-state index >= 15 is 0 Å². The summed E-state index contributed by atoms with van der Waals surface area (Å²) in [6.45, 7) is 5.32. The van der Waals surface area contributed by atoms with E-state index < -0.39 is 12.2 Å². The van der Waals surface area contributed by atoms with Gasteiger partial charge in [0, 0.05) is 19.4 Å². The zero-order valence-corrected chi connectivity index (χ0v) is 34.4. The number of alkyl carbamates (subject to hydrolysis) is 1. The number of unbranched alkanes of at least 4 members (excludes halogenated alkanes) is 22. The molecular weight excluding hydrogens is 652 g/mol. The molecule has 304 valence electrons. The van der Waals surface area contributed by atoms with Crippen molar-refractivity contribution in [1.82, 2.24) is 10.2 Å². The first-order chi connectivity index (χ1) is 25.4. The Kier molecular flexibility index (Phi) is 38.0. The molecule has 0 bridgehead atoms. The molecule has 0 rings (SSSR count). The predicted molar refractivity (Wildman–Crippen MR) is 218 cm³/mol. The number of likely N-dealkylation sites (N-methyl/N-ethyl adjacent to an activating group) is 1. The molecule has 1 amide bonds. The van der Waals surface area contributed by atoms with Gasteiger partial charge in [-0.25, -0.2) is 4.79 Å². The number of rotatable bonds is 38. The van der Waals surface area contributed by atoms with Crippen LogP contribution in [0.2, 0.25) is 0 Å². The summed E-state index contributed by atoms with van der Waals surface area (Å²) in [4.78, 5) is 39.1. The highest BCUT2D eigenvalue weighted by molar-refractivity contribution is 5.70.